The van der Waals surface area contributed by atoms with E-state index in [4.69, 9.17) is 46.4 Å². The molecule has 1 aromatic carbocycles. The average Bonchev–Trinajstić information content (AvgIpc) is 2.23. The fourth-order valence-electron chi connectivity index (χ4n) is 1.68. The van der Waals surface area contributed by atoms with E-state index < -0.39 is 0 Å². The first-order valence-corrected chi connectivity index (χ1v) is 6.02. The molecule has 0 heterocycles. The molecule has 0 aliphatic heterocycles. The molecule has 14 heavy (non-hydrogen) atoms. The Kier molecular flexibility index (Phi) is 3.18. The van der Waals surface area contributed by atoms with Crippen LogP contribution < -0.4 is 0 Å². The molecule has 0 N–H and O–H groups in total. The summed E-state index contributed by atoms with van der Waals surface area (Å²) in [5, 5.41) is -1.16. The molecule has 0 saturated heterocycles. The van der Waals surface area contributed by atoms with Crippen molar-refractivity contribution in [1.29, 1.82) is 0 Å². The van der Waals surface area contributed by atoms with Crippen LogP contribution in [-0.2, 0) is 0 Å². The number of hydrogen-bond acceptors (Lipinski definition) is 0. The van der Waals surface area contributed by atoms with Crippen LogP contribution >= 0.6 is 46.4 Å². The van der Waals surface area contributed by atoms with Gasteiger partial charge in [-0.25, -0.2) is 0 Å². The monoisotopic (exact) mass is 268 g/mol. The molecule has 76 valence electrons. The Bertz CT molecular complexity index is 306. The van der Waals surface area contributed by atoms with Crippen molar-refractivity contribution >= 4 is 46.4 Å². The molecule has 4 heteroatoms. The van der Waals surface area contributed by atoms with Crippen LogP contribution in [0.4, 0.5) is 0 Å². The molecule has 1 aromatic rings. The predicted molar refractivity (Wildman–Crippen MR) is 62.9 cm³/mol. The van der Waals surface area contributed by atoms with E-state index in [1.54, 1.807) is 0 Å². The summed E-state index contributed by atoms with van der Waals surface area (Å²) in [6, 6.07) is 7.74. The minimum Gasteiger partial charge on any atom is -0.119 e. The Hall–Kier alpha value is 0.380. The highest BCUT2D eigenvalue weighted by atomic mass is 35.5. The Morgan fingerprint density at radius 1 is 0.714 bits per heavy atom. The summed E-state index contributed by atoms with van der Waals surface area (Å²) in [5.74, 6) is 0. The van der Waals surface area contributed by atoms with Gasteiger partial charge in [-0.15, -0.1) is 46.4 Å². The van der Waals surface area contributed by atoms with Gasteiger partial charge in [0.05, 0.1) is 21.5 Å². The van der Waals surface area contributed by atoms with Crippen LogP contribution in [0.25, 0.3) is 0 Å². The summed E-state index contributed by atoms with van der Waals surface area (Å²) in [6.07, 6.45) is 0. The van der Waals surface area contributed by atoms with E-state index in [1.165, 1.54) is 0 Å². The summed E-state index contributed by atoms with van der Waals surface area (Å²) in [5.41, 5.74) is 1.98. The topological polar surface area (TPSA) is 0 Å². The van der Waals surface area contributed by atoms with Gasteiger partial charge in [0.15, 0.2) is 0 Å². The fourth-order valence-corrected chi connectivity index (χ4v) is 3.10. The highest BCUT2D eigenvalue weighted by Gasteiger charge is 2.39. The van der Waals surface area contributed by atoms with E-state index in [9.17, 15) is 0 Å². The Labute approximate surface area is 103 Å². The van der Waals surface area contributed by atoms with Crippen LogP contribution in [0.3, 0.4) is 0 Å². The standard InChI is InChI=1S/C10H8Cl4/c11-7-5-3-1-2-4-6(5)8(12)10(14)9(7)13/h1-4,7-10H/t7-,8-,9-,10-/m1/s1. The normalized spacial score (nSPS) is 36.6. The number of fused-ring (bicyclic) bond motifs is 1. The highest BCUT2D eigenvalue weighted by molar-refractivity contribution is 6.39. The van der Waals surface area contributed by atoms with E-state index in [1.807, 2.05) is 24.3 Å². The molecule has 0 spiro atoms. The number of halogens is 4. The van der Waals surface area contributed by atoms with Crippen LogP contribution in [0.5, 0.6) is 0 Å². The molecule has 0 aromatic heterocycles. The van der Waals surface area contributed by atoms with Gasteiger partial charge in [0.1, 0.15) is 0 Å². The molecule has 4 atom stereocenters. The lowest BCUT2D eigenvalue weighted by atomic mass is 9.90. The summed E-state index contributed by atoms with van der Waals surface area (Å²) >= 11 is 24.5. The maximum atomic E-state index is 6.18. The smallest absolute Gasteiger partial charge is 0.0767 e. The van der Waals surface area contributed by atoms with Gasteiger partial charge >= 0.3 is 0 Å². The maximum Gasteiger partial charge on any atom is 0.0767 e. The van der Waals surface area contributed by atoms with E-state index >= 15 is 0 Å². The van der Waals surface area contributed by atoms with E-state index in [2.05, 4.69) is 0 Å². The van der Waals surface area contributed by atoms with Crippen molar-refractivity contribution < 1.29 is 0 Å². The van der Waals surface area contributed by atoms with Crippen molar-refractivity contribution in [1.82, 2.24) is 0 Å². The van der Waals surface area contributed by atoms with Crippen LogP contribution in [0.2, 0.25) is 0 Å². The van der Waals surface area contributed by atoms with E-state index in [0.717, 1.165) is 11.1 Å². The summed E-state index contributed by atoms with van der Waals surface area (Å²) in [6.45, 7) is 0. The van der Waals surface area contributed by atoms with Gasteiger partial charge in [-0.3, -0.25) is 0 Å². The molecular formula is C10H8Cl4. The first-order chi connectivity index (χ1) is 6.63. The molecular weight excluding hydrogens is 262 g/mol. The second kappa shape index (κ2) is 4.09. The van der Waals surface area contributed by atoms with Crippen molar-refractivity contribution in [2.75, 3.05) is 0 Å². The third kappa shape index (κ3) is 1.63. The molecule has 1 aliphatic carbocycles. The molecule has 0 radical (unpaired) electrons. The number of alkyl halides is 4. The zero-order valence-corrected chi connectivity index (χ0v) is 10.2. The number of rotatable bonds is 0. The zero-order chi connectivity index (χ0) is 10.3. The van der Waals surface area contributed by atoms with Crippen molar-refractivity contribution in [2.24, 2.45) is 0 Å². The maximum absolute atomic E-state index is 6.18. The lowest BCUT2D eigenvalue weighted by Crippen LogP contribution is -2.30. The Morgan fingerprint density at radius 2 is 1.07 bits per heavy atom. The molecule has 0 bridgehead atoms. The number of hydrogen-bond donors (Lipinski definition) is 0. The molecule has 2 rings (SSSR count). The van der Waals surface area contributed by atoms with E-state index in [0.29, 0.717) is 0 Å². The average molecular weight is 270 g/mol. The van der Waals surface area contributed by atoms with Gasteiger partial charge < -0.3 is 0 Å². The minimum absolute atomic E-state index is 0.259. The van der Waals surface area contributed by atoms with Crippen LogP contribution in [0.15, 0.2) is 24.3 Å². The van der Waals surface area contributed by atoms with Crippen LogP contribution in [-0.4, -0.2) is 10.8 Å². The van der Waals surface area contributed by atoms with Gasteiger partial charge in [0.25, 0.3) is 0 Å². The van der Waals surface area contributed by atoms with Crippen molar-refractivity contribution in [3.8, 4) is 0 Å². The quantitative estimate of drug-likeness (QED) is 0.610. The highest BCUT2D eigenvalue weighted by Crippen LogP contribution is 2.47. The van der Waals surface area contributed by atoms with Gasteiger partial charge in [0.2, 0.25) is 0 Å². The SMILES string of the molecule is Cl[C@H]1[C@H](Cl)[C@H](Cl)c2ccccc2[C@H]1Cl. The van der Waals surface area contributed by atoms with Gasteiger partial charge in [-0.05, 0) is 11.1 Å². The second-order valence-corrected chi connectivity index (χ2v) is 5.27. The molecule has 0 fully saturated rings. The van der Waals surface area contributed by atoms with Crippen molar-refractivity contribution in [3.05, 3.63) is 35.4 Å². The zero-order valence-electron chi connectivity index (χ0n) is 7.13. The Morgan fingerprint density at radius 3 is 1.43 bits per heavy atom. The van der Waals surface area contributed by atoms with Gasteiger partial charge in [0, 0.05) is 0 Å². The summed E-state index contributed by atoms with van der Waals surface area (Å²) in [7, 11) is 0. The van der Waals surface area contributed by atoms with Gasteiger partial charge in [-0.1, -0.05) is 24.3 Å². The third-order valence-electron chi connectivity index (χ3n) is 2.45. The summed E-state index contributed by atoms with van der Waals surface area (Å²) < 4.78 is 0. The van der Waals surface area contributed by atoms with Crippen molar-refractivity contribution in [3.63, 3.8) is 0 Å². The molecule has 0 nitrogen and oxygen atoms in total. The largest absolute Gasteiger partial charge is 0.119 e. The Balaban J connectivity index is 2.51. The first kappa shape index (κ1) is 10.9. The number of benzene rings is 1. The third-order valence-corrected chi connectivity index (χ3v) is 4.90. The lowest BCUT2D eigenvalue weighted by molar-refractivity contribution is 0.668. The minimum atomic E-state index is -0.323. The second-order valence-electron chi connectivity index (χ2n) is 3.32. The fraction of sp³-hybridized carbons (Fsp3) is 0.400. The first-order valence-electron chi connectivity index (χ1n) is 4.28. The van der Waals surface area contributed by atoms with Crippen LogP contribution in [0, 0.1) is 0 Å². The molecule has 0 unspecified atom stereocenters. The van der Waals surface area contributed by atoms with Gasteiger partial charge in [-0.2, -0.15) is 0 Å². The van der Waals surface area contributed by atoms with Crippen LogP contribution in [0.1, 0.15) is 21.9 Å². The van der Waals surface area contributed by atoms with Crippen molar-refractivity contribution in [2.45, 2.75) is 21.5 Å². The molecule has 1 aliphatic rings. The lowest BCUT2D eigenvalue weighted by Gasteiger charge is -2.33. The molecule has 0 saturated carbocycles. The molecule has 0 amide bonds. The summed E-state index contributed by atoms with van der Waals surface area (Å²) in [4.78, 5) is 0. The predicted octanol–water partition coefficient (Wildman–Crippen LogP) is 4.47. The van der Waals surface area contributed by atoms with E-state index in [-0.39, 0.29) is 21.5 Å².